The largest absolute Gasteiger partial charge is 0.379 e. The molecule has 2 aromatic heterocycles. The summed E-state index contributed by atoms with van der Waals surface area (Å²) in [5.41, 5.74) is 3.83. The van der Waals surface area contributed by atoms with Gasteiger partial charge in [-0.15, -0.1) is 0 Å². The molecule has 1 aliphatic heterocycles. The molecule has 0 spiro atoms. The number of aromatic nitrogens is 4. The van der Waals surface area contributed by atoms with E-state index in [0.717, 1.165) is 29.1 Å². The number of hydrogen-bond acceptors (Lipinski definition) is 5. The molecule has 1 amide bonds. The molecule has 0 aromatic carbocycles. The Hall–Kier alpha value is -2.28. The summed E-state index contributed by atoms with van der Waals surface area (Å²) in [6, 6.07) is 1.91. The van der Waals surface area contributed by atoms with Crippen LogP contribution >= 0.6 is 0 Å². The molecule has 0 bridgehead atoms. The fourth-order valence-corrected chi connectivity index (χ4v) is 3.06. The van der Waals surface area contributed by atoms with Crippen molar-refractivity contribution in [2.75, 3.05) is 26.3 Å². The molecule has 1 aliphatic rings. The maximum atomic E-state index is 12.7. The second-order valence-electron chi connectivity index (χ2n) is 6.27. The van der Waals surface area contributed by atoms with E-state index >= 15 is 0 Å². The van der Waals surface area contributed by atoms with E-state index < -0.39 is 0 Å². The van der Waals surface area contributed by atoms with E-state index in [0.29, 0.717) is 32.7 Å². The maximum Gasteiger partial charge on any atom is 0.227 e. The van der Waals surface area contributed by atoms with Crippen LogP contribution in [0.25, 0.3) is 0 Å². The van der Waals surface area contributed by atoms with E-state index in [4.69, 9.17) is 4.74 Å². The molecular formula is C17H23N5O2. The highest BCUT2D eigenvalue weighted by Crippen LogP contribution is 2.16. The van der Waals surface area contributed by atoms with Crippen LogP contribution in [0.2, 0.25) is 0 Å². The first-order valence-electron chi connectivity index (χ1n) is 8.24. The van der Waals surface area contributed by atoms with Crippen molar-refractivity contribution in [2.24, 2.45) is 5.92 Å². The second kappa shape index (κ2) is 7.53. The van der Waals surface area contributed by atoms with Gasteiger partial charge >= 0.3 is 0 Å². The monoisotopic (exact) mass is 329 g/mol. The first kappa shape index (κ1) is 16.6. The number of rotatable bonds is 4. The summed E-state index contributed by atoms with van der Waals surface area (Å²) in [5, 5.41) is 7.11. The summed E-state index contributed by atoms with van der Waals surface area (Å²) in [6.45, 7) is 6.43. The number of aryl methyl sites for hydroxylation is 2. The van der Waals surface area contributed by atoms with Gasteiger partial charge in [-0.3, -0.25) is 9.89 Å². The summed E-state index contributed by atoms with van der Waals surface area (Å²) in [7, 11) is 0. The molecule has 128 valence electrons. The summed E-state index contributed by atoms with van der Waals surface area (Å²) in [6.07, 6.45) is 4.47. The molecule has 7 heteroatoms. The molecule has 7 nitrogen and oxygen atoms in total. The zero-order valence-corrected chi connectivity index (χ0v) is 14.2. The van der Waals surface area contributed by atoms with Crippen molar-refractivity contribution >= 4 is 5.91 Å². The van der Waals surface area contributed by atoms with Gasteiger partial charge in [-0.05, 0) is 26.3 Å². The van der Waals surface area contributed by atoms with Gasteiger partial charge in [0.05, 0.1) is 25.3 Å². The molecule has 1 atom stereocenters. The van der Waals surface area contributed by atoms with Crippen molar-refractivity contribution in [3.63, 3.8) is 0 Å². The van der Waals surface area contributed by atoms with Crippen molar-refractivity contribution in [3.05, 3.63) is 41.2 Å². The van der Waals surface area contributed by atoms with Crippen LogP contribution in [0.1, 0.15) is 22.6 Å². The molecule has 1 N–H and O–H groups in total. The maximum absolute atomic E-state index is 12.7. The number of H-pyrrole nitrogens is 1. The third kappa shape index (κ3) is 3.97. The number of nitrogens with zero attached hydrogens (tertiary/aromatic N) is 4. The summed E-state index contributed by atoms with van der Waals surface area (Å²) >= 11 is 0. The molecule has 0 saturated carbocycles. The molecule has 0 aliphatic carbocycles. The smallest absolute Gasteiger partial charge is 0.227 e. The quantitative estimate of drug-likeness (QED) is 0.907. The third-order valence-electron chi connectivity index (χ3n) is 4.44. The molecule has 0 radical (unpaired) electrons. The van der Waals surface area contributed by atoms with E-state index in [1.165, 1.54) is 0 Å². The standard InChI is InChI=1S/C17H23N5O2/c1-12-16(13(2)21-20-12)8-17(23)22-5-6-24-10-14(9-22)7-15-3-4-18-11-19-15/h3-4,11,14H,5-10H2,1-2H3,(H,20,21)/t14-/m0/s1. The number of carbonyl (C=O) groups excluding carboxylic acids is 1. The molecule has 3 rings (SSSR count). The van der Waals surface area contributed by atoms with Crippen LogP contribution in [0.3, 0.4) is 0 Å². The average molecular weight is 329 g/mol. The Kier molecular flexibility index (Phi) is 5.20. The number of nitrogens with one attached hydrogen (secondary N) is 1. The van der Waals surface area contributed by atoms with Crippen LogP contribution in [0, 0.1) is 19.8 Å². The van der Waals surface area contributed by atoms with Gasteiger partial charge in [0.25, 0.3) is 0 Å². The van der Waals surface area contributed by atoms with Gasteiger partial charge in [0.15, 0.2) is 0 Å². The molecular weight excluding hydrogens is 306 g/mol. The Morgan fingerprint density at radius 3 is 3.04 bits per heavy atom. The molecule has 1 fully saturated rings. The lowest BCUT2D eigenvalue weighted by Crippen LogP contribution is -2.37. The van der Waals surface area contributed by atoms with Crippen molar-refractivity contribution in [2.45, 2.75) is 26.7 Å². The van der Waals surface area contributed by atoms with E-state index in [1.807, 2.05) is 24.8 Å². The van der Waals surface area contributed by atoms with E-state index in [2.05, 4.69) is 20.2 Å². The minimum atomic E-state index is 0.126. The van der Waals surface area contributed by atoms with Gasteiger partial charge in [0.1, 0.15) is 6.33 Å². The number of hydrogen-bond donors (Lipinski definition) is 1. The zero-order valence-electron chi connectivity index (χ0n) is 14.2. The van der Waals surface area contributed by atoms with Crippen LogP contribution in [0.5, 0.6) is 0 Å². The van der Waals surface area contributed by atoms with E-state index in [1.54, 1.807) is 12.5 Å². The van der Waals surface area contributed by atoms with Gasteiger partial charge < -0.3 is 9.64 Å². The predicted octanol–water partition coefficient (Wildman–Crippen LogP) is 1.08. The average Bonchev–Trinajstić information content (AvgIpc) is 2.79. The van der Waals surface area contributed by atoms with Crippen LogP contribution in [0.4, 0.5) is 0 Å². The highest BCUT2D eigenvalue weighted by Gasteiger charge is 2.24. The number of carbonyl (C=O) groups is 1. The minimum absolute atomic E-state index is 0.126. The summed E-state index contributed by atoms with van der Waals surface area (Å²) in [4.78, 5) is 22.8. The molecule has 24 heavy (non-hydrogen) atoms. The highest BCUT2D eigenvalue weighted by atomic mass is 16.5. The SMILES string of the molecule is Cc1n[nH]c(C)c1CC(=O)N1CCOC[C@@H](Cc2ccncn2)C1. The summed E-state index contributed by atoms with van der Waals surface area (Å²) < 4.78 is 5.69. The first-order valence-corrected chi connectivity index (χ1v) is 8.24. The van der Waals surface area contributed by atoms with Crippen LogP contribution < -0.4 is 0 Å². The number of aromatic amines is 1. The van der Waals surface area contributed by atoms with Crippen LogP contribution in [-0.2, 0) is 22.4 Å². The Bertz CT molecular complexity index is 666. The molecule has 1 saturated heterocycles. The lowest BCUT2D eigenvalue weighted by molar-refractivity contribution is -0.130. The fourth-order valence-electron chi connectivity index (χ4n) is 3.06. The van der Waals surface area contributed by atoms with Gasteiger partial charge in [-0.2, -0.15) is 5.10 Å². The lowest BCUT2D eigenvalue weighted by atomic mass is 10.0. The first-order chi connectivity index (χ1) is 11.6. The Morgan fingerprint density at radius 2 is 2.33 bits per heavy atom. The Balaban J connectivity index is 1.65. The van der Waals surface area contributed by atoms with Crippen molar-refractivity contribution in [1.82, 2.24) is 25.1 Å². The van der Waals surface area contributed by atoms with Crippen molar-refractivity contribution in [1.29, 1.82) is 0 Å². The van der Waals surface area contributed by atoms with Crippen molar-refractivity contribution in [3.8, 4) is 0 Å². The van der Waals surface area contributed by atoms with Gasteiger partial charge in [-0.25, -0.2) is 9.97 Å². The highest BCUT2D eigenvalue weighted by molar-refractivity contribution is 5.79. The minimum Gasteiger partial charge on any atom is -0.379 e. The van der Waals surface area contributed by atoms with E-state index in [-0.39, 0.29) is 11.8 Å². The third-order valence-corrected chi connectivity index (χ3v) is 4.44. The number of amides is 1. The Labute approximate surface area is 141 Å². The predicted molar refractivity (Wildman–Crippen MR) is 88.4 cm³/mol. The Morgan fingerprint density at radius 1 is 1.46 bits per heavy atom. The van der Waals surface area contributed by atoms with Gasteiger partial charge in [0.2, 0.25) is 5.91 Å². The van der Waals surface area contributed by atoms with Gasteiger partial charge in [0, 0.05) is 42.2 Å². The van der Waals surface area contributed by atoms with Crippen LogP contribution in [-0.4, -0.2) is 57.3 Å². The molecule has 3 heterocycles. The van der Waals surface area contributed by atoms with E-state index in [9.17, 15) is 4.79 Å². The van der Waals surface area contributed by atoms with Crippen molar-refractivity contribution < 1.29 is 9.53 Å². The normalized spacial score (nSPS) is 18.4. The second-order valence-corrected chi connectivity index (χ2v) is 6.27. The molecule has 0 unspecified atom stereocenters. The van der Waals surface area contributed by atoms with Crippen LogP contribution in [0.15, 0.2) is 18.6 Å². The summed E-state index contributed by atoms with van der Waals surface area (Å²) in [5.74, 6) is 0.374. The lowest BCUT2D eigenvalue weighted by Gasteiger charge is -2.23. The molecule has 2 aromatic rings. The number of ether oxygens (including phenoxy) is 1. The van der Waals surface area contributed by atoms with Gasteiger partial charge in [-0.1, -0.05) is 0 Å². The zero-order chi connectivity index (χ0) is 16.9. The fraction of sp³-hybridized carbons (Fsp3) is 0.529. The topological polar surface area (TPSA) is 84.0 Å².